The van der Waals surface area contributed by atoms with Crippen LogP contribution in [0, 0.1) is 5.41 Å². The second-order valence-corrected chi connectivity index (χ2v) is 10.9. The Morgan fingerprint density at radius 1 is 1.10 bits per heavy atom. The number of amides is 1. The van der Waals surface area contributed by atoms with Crippen LogP contribution >= 0.6 is 22.9 Å². The van der Waals surface area contributed by atoms with E-state index in [1.807, 2.05) is 0 Å². The third-order valence-electron chi connectivity index (χ3n) is 5.51. The summed E-state index contributed by atoms with van der Waals surface area (Å²) in [7, 11) is 2.93. The zero-order valence-electron chi connectivity index (χ0n) is 21.7. The number of nitrogens with zero attached hydrogens (tertiary/aromatic N) is 1. The average Bonchev–Trinajstić information content (AvgIpc) is 3.12. The fraction of sp³-hybridized carbons (Fsp3) is 0.296. The zero-order valence-corrected chi connectivity index (χ0v) is 23.3. The molecule has 0 unspecified atom stereocenters. The van der Waals surface area contributed by atoms with Crippen LogP contribution in [0.3, 0.4) is 0 Å². The molecule has 0 radical (unpaired) electrons. The molecule has 0 fully saturated rings. The van der Waals surface area contributed by atoms with Gasteiger partial charge >= 0.3 is 6.18 Å². The number of ketones is 1. The van der Waals surface area contributed by atoms with Crippen molar-refractivity contribution in [1.29, 1.82) is 0 Å². The summed E-state index contributed by atoms with van der Waals surface area (Å²) in [5.74, 6) is -0.223. The van der Waals surface area contributed by atoms with Crippen LogP contribution in [0.4, 0.5) is 18.9 Å². The number of alkyl halides is 3. The number of hydrogen-bond acceptors (Lipinski definition) is 6. The SMILES string of the molecule is COc1cccc(/C=c2\s/c(=C\C(=O)C(C)(C)C)n(CC(=O)Nc3ccc(Cl)c(C(F)(F)F)c3)c2=O)c1OC. The van der Waals surface area contributed by atoms with E-state index in [1.54, 1.807) is 45.0 Å². The zero-order chi connectivity index (χ0) is 29.1. The fourth-order valence-corrected chi connectivity index (χ4v) is 4.71. The number of methoxy groups -OCH3 is 2. The number of carbonyl (C=O) groups is 2. The van der Waals surface area contributed by atoms with Crippen molar-refractivity contribution in [3.8, 4) is 11.5 Å². The molecule has 0 saturated carbocycles. The van der Waals surface area contributed by atoms with Crippen molar-refractivity contribution < 1.29 is 32.2 Å². The van der Waals surface area contributed by atoms with Crippen LogP contribution in [0.25, 0.3) is 12.2 Å². The van der Waals surface area contributed by atoms with Crippen LogP contribution in [-0.4, -0.2) is 30.5 Å². The Morgan fingerprint density at radius 3 is 2.38 bits per heavy atom. The van der Waals surface area contributed by atoms with Crippen molar-refractivity contribution in [2.24, 2.45) is 5.41 Å². The maximum Gasteiger partial charge on any atom is 0.417 e. The third kappa shape index (κ3) is 7.10. The second-order valence-electron chi connectivity index (χ2n) is 9.42. The first-order valence-electron chi connectivity index (χ1n) is 11.5. The summed E-state index contributed by atoms with van der Waals surface area (Å²) in [6.07, 6.45) is -1.89. The molecule has 3 rings (SSSR count). The molecule has 208 valence electrons. The van der Waals surface area contributed by atoms with Crippen molar-refractivity contribution in [2.75, 3.05) is 19.5 Å². The predicted molar refractivity (Wildman–Crippen MR) is 145 cm³/mol. The molecule has 0 saturated heterocycles. The average molecular weight is 583 g/mol. The summed E-state index contributed by atoms with van der Waals surface area (Å²) in [5, 5.41) is 1.85. The van der Waals surface area contributed by atoms with Gasteiger partial charge in [0.1, 0.15) is 11.2 Å². The van der Waals surface area contributed by atoms with Crippen molar-refractivity contribution in [1.82, 2.24) is 4.57 Å². The fourth-order valence-electron chi connectivity index (χ4n) is 3.45. The number of hydrogen-bond donors (Lipinski definition) is 1. The van der Waals surface area contributed by atoms with Crippen LogP contribution in [0.2, 0.25) is 5.02 Å². The van der Waals surface area contributed by atoms with E-state index < -0.39 is 40.2 Å². The molecule has 0 bridgehead atoms. The molecule has 39 heavy (non-hydrogen) atoms. The number of aromatic nitrogens is 1. The number of nitrogens with one attached hydrogen (secondary N) is 1. The van der Waals surface area contributed by atoms with Gasteiger partial charge < -0.3 is 14.8 Å². The quantitative estimate of drug-likeness (QED) is 0.444. The number of para-hydroxylation sites is 1. The molecule has 2 aromatic carbocycles. The van der Waals surface area contributed by atoms with E-state index in [-0.39, 0.29) is 20.7 Å². The molecule has 0 aliphatic carbocycles. The Kier molecular flexibility index (Phi) is 8.97. The molecule has 1 aromatic heterocycles. The van der Waals surface area contributed by atoms with Gasteiger partial charge in [-0.15, -0.1) is 11.3 Å². The first-order valence-corrected chi connectivity index (χ1v) is 12.7. The lowest BCUT2D eigenvalue weighted by Gasteiger charge is -2.13. The highest BCUT2D eigenvalue weighted by Crippen LogP contribution is 2.36. The number of halogens is 4. The first-order chi connectivity index (χ1) is 18.1. The van der Waals surface area contributed by atoms with Gasteiger partial charge in [-0.25, -0.2) is 0 Å². The molecule has 0 aliphatic heterocycles. The van der Waals surface area contributed by atoms with Gasteiger partial charge in [0, 0.05) is 22.7 Å². The Labute approximate surface area is 231 Å². The van der Waals surface area contributed by atoms with Crippen LogP contribution < -0.4 is 29.5 Å². The van der Waals surface area contributed by atoms with Gasteiger partial charge in [-0.2, -0.15) is 13.2 Å². The van der Waals surface area contributed by atoms with E-state index in [0.29, 0.717) is 23.1 Å². The molecule has 0 aliphatic rings. The van der Waals surface area contributed by atoms with Crippen molar-refractivity contribution in [3.63, 3.8) is 0 Å². The number of ether oxygens (including phenoxy) is 2. The molecule has 12 heteroatoms. The number of anilines is 1. The minimum atomic E-state index is -4.72. The highest BCUT2D eigenvalue weighted by Gasteiger charge is 2.33. The van der Waals surface area contributed by atoms with Crippen molar-refractivity contribution >= 4 is 52.5 Å². The first kappa shape index (κ1) is 30.0. The van der Waals surface area contributed by atoms with Gasteiger partial charge in [-0.1, -0.05) is 44.5 Å². The van der Waals surface area contributed by atoms with E-state index in [2.05, 4.69) is 5.32 Å². The van der Waals surface area contributed by atoms with Gasteiger partial charge in [-0.3, -0.25) is 19.0 Å². The summed E-state index contributed by atoms with van der Waals surface area (Å²) in [6.45, 7) is 4.58. The molecular weight excluding hydrogens is 557 g/mol. The Bertz CT molecular complexity index is 1590. The van der Waals surface area contributed by atoms with E-state index in [0.717, 1.165) is 22.0 Å². The van der Waals surface area contributed by atoms with E-state index in [1.165, 1.54) is 26.4 Å². The monoisotopic (exact) mass is 582 g/mol. The van der Waals surface area contributed by atoms with Crippen LogP contribution in [0.15, 0.2) is 41.2 Å². The third-order valence-corrected chi connectivity index (χ3v) is 6.90. The van der Waals surface area contributed by atoms with Crippen LogP contribution in [0.1, 0.15) is 31.9 Å². The summed E-state index contributed by atoms with van der Waals surface area (Å²) in [5.41, 5.74) is -2.06. The maximum absolute atomic E-state index is 13.4. The lowest BCUT2D eigenvalue weighted by atomic mass is 9.91. The van der Waals surface area contributed by atoms with Gasteiger partial charge in [0.05, 0.1) is 29.3 Å². The number of thiazole rings is 1. The largest absolute Gasteiger partial charge is 0.493 e. The molecule has 1 heterocycles. The molecule has 7 nitrogen and oxygen atoms in total. The van der Waals surface area contributed by atoms with Gasteiger partial charge in [0.2, 0.25) is 5.91 Å². The summed E-state index contributed by atoms with van der Waals surface area (Å²) < 4.78 is 51.9. The number of carbonyl (C=O) groups excluding carboxylic acids is 2. The standard InChI is InChI=1S/C27H26ClF3N2O5S/c1-26(2,3)21(34)13-23-33(14-22(35)32-16-9-10-18(28)17(12-16)27(29,30)31)25(36)20(39-23)11-15-7-6-8-19(37-4)24(15)38-5/h6-13H,14H2,1-5H3,(H,32,35)/b20-11-,23-13-. The van der Waals surface area contributed by atoms with Crippen LogP contribution in [-0.2, 0) is 22.3 Å². The molecular formula is C27H26ClF3N2O5S. The Hall–Kier alpha value is -3.57. The minimum absolute atomic E-state index is 0.149. The predicted octanol–water partition coefficient (Wildman–Crippen LogP) is 4.46. The summed E-state index contributed by atoms with van der Waals surface area (Å²) >= 11 is 6.64. The van der Waals surface area contributed by atoms with Gasteiger partial charge in [-0.05, 0) is 30.3 Å². The minimum Gasteiger partial charge on any atom is -0.493 e. The van der Waals surface area contributed by atoms with E-state index in [9.17, 15) is 27.6 Å². The van der Waals surface area contributed by atoms with E-state index in [4.69, 9.17) is 21.1 Å². The normalized spacial score (nSPS) is 12.9. The van der Waals surface area contributed by atoms with Crippen molar-refractivity contribution in [3.05, 3.63) is 72.1 Å². The highest BCUT2D eigenvalue weighted by atomic mass is 35.5. The molecule has 0 spiro atoms. The highest BCUT2D eigenvalue weighted by molar-refractivity contribution is 7.07. The summed E-state index contributed by atoms with van der Waals surface area (Å²) in [4.78, 5) is 39.0. The smallest absolute Gasteiger partial charge is 0.417 e. The number of benzene rings is 2. The maximum atomic E-state index is 13.4. The van der Waals surface area contributed by atoms with Crippen LogP contribution in [0.5, 0.6) is 11.5 Å². The second kappa shape index (κ2) is 11.7. The number of Topliss-reactive ketones (excluding diaryl/α,β-unsaturated/α-hetero) is 1. The molecule has 1 N–H and O–H groups in total. The molecule has 3 aromatic rings. The lowest BCUT2D eigenvalue weighted by molar-refractivity contribution is -0.137. The lowest BCUT2D eigenvalue weighted by Crippen LogP contribution is -2.36. The van der Waals surface area contributed by atoms with E-state index >= 15 is 0 Å². The van der Waals surface area contributed by atoms with Crippen molar-refractivity contribution in [2.45, 2.75) is 33.5 Å². The molecule has 1 amide bonds. The summed E-state index contributed by atoms with van der Waals surface area (Å²) in [6, 6.07) is 8.06. The topological polar surface area (TPSA) is 86.6 Å². The van der Waals surface area contributed by atoms with Gasteiger partial charge in [0.15, 0.2) is 17.3 Å². The van der Waals surface area contributed by atoms with Gasteiger partial charge in [0.25, 0.3) is 5.56 Å². The Balaban J connectivity index is 2.09. The Morgan fingerprint density at radius 2 is 1.79 bits per heavy atom. The number of rotatable bonds is 7. The molecule has 0 atom stereocenters.